The van der Waals surface area contributed by atoms with E-state index in [1.165, 1.54) is 25.7 Å². The van der Waals surface area contributed by atoms with Crippen molar-refractivity contribution in [2.75, 3.05) is 0 Å². The van der Waals surface area contributed by atoms with Gasteiger partial charge in [0.15, 0.2) is 0 Å². The molecule has 2 N–H and O–H groups in total. The van der Waals surface area contributed by atoms with Crippen LogP contribution in [0.4, 0.5) is 0 Å². The number of aromatic nitrogens is 2. The third kappa shape index (κ3) is 2.01. The largest absolute Gasteiger partial charge is 0.393 e. The highest BCUT2D eigenvalue weighted by Crippen LogP contribution is 2.49. The highest BCUT2D eigenvalue weighted by molar-refractivity contribution is 4.93. The van der Waals surface area contributed by atoms with Crippen LogP contribution in [0.5, 0.6) is 0 Å². The molecule has 4 unspecified atom stereocenters. The van der Waals surface area contributed by atoms with Crippen LogP contribution in [0.2, 0.25) is 0 Å². The van der Waals surface area contributed by atoms with Crippen LogP contribution in [0, 0.1) is 17.8 Å². The van der Waals surface area contributed by atoms with E-state index in [9.17, 15) is 5.11 Å². The number of nitrogens with zero attached hydrogens (tertiary/aromatic N) is 1. The van der Waals surface area contributed by atoms with Crippen LogP contribution in [0.25, 0.3) is 0 Å². The lowest BCUT2D eigenvalue weighted by atomic mass is 9.84. The highest BCUT2D eigenvalue weighted by Gasteiger charge is 2.39. The van der Waals surface area contributed by atoms with Crippen molar-refractivity contribution in [3.8, 4) is 0 Å². The average molecular weight is 220 g/mol. The van der Waals surface area contributed by atoms with Crippen molar-refractivity contribution in [1.82, 2.24) is 9.97 Å². The fourth-order valence-corrected chi connectivity index (χ4v) is 3.73. The van der Waals surface area contributed by atoms with Crippen LogP contribution in [0.3, 0.4) is 0 Å². The molecule has 0 radical (unpaired) electrons. The summed E-state index contributed by atoms with van der Waals surface area (Å²) in [5.74, 6) is 3.58. The Balaban J connectivity index is 1.51. The van der Waals surface area contributed by atoms with E-state index in [4.69, 9.17) is 0 Å². The third-order valence-electron chi connectivity index (χ3n) is 4.44. The molecular weight excluding hydrogens is 200 g/mol. The van der Waals surface area contributed by atoms with Gasteiger partial charge in [0.25, 0.3) is 0 Å². The monoisotopic (exact) mass is 220 g/mol. The van der Waals surface area contributed by atoms with E-state index in [0.717, 1.165) is 30.0 Å². The molecule has 88 valence electrons. The van der Waals surface area contributed by atoms with Crippen LogP contribution in [0.15, 0.2) is 12.4 Å². The molecule has 1 heterocycles. The highest BCUT2D eigenvalue weighted by atomic mass is 16.3. The van der Waals surface area contributed by atoms with E-state index >= 15 is 0 Å². The Morgan fingerprint density at radius 2 is 2.38 bits per heavy atom. The normalized spacial score (nSPS) is 34.4. The SMILES string of the molecule is OC(Cc1ncc[nH]1)CC1CC2CCC1C2. The minimum atomic E-state index is -0.213. The minimum Gasteiger partial charge on any atom is -0.393 e. The summed E-state index contributed by atoms with van der Waals surface area (Å²) in [6, 6.07) is 0. The lowest BCUT2D eigenvalue weighted by molar-refractivity contribution is 0.123. The fourth-order valence-electron chi connectivity index (χ4n) is 3.73. The zero-order valence-electron chi connectivity index (χ0n) is 9.60. The number of aliphatic hydroxyl groups excluding tert-OH is 1. The lowest BCUT2D eigenvalue weighted by Crippen LogP contribution is -2.20. The molecule has 2 saturated carbocycles. The average Bonchev–Trinajstić information content (AvgIpc) is 2.92. The molecule has 0 aliphatic heterocycles. The zero-order chi connectivity index (χ0) is 11.0. The van der Waals surface area contributed by atoms with E-state index in [1.54, 1.807) is 6.20 Å². The van der Waals surface area contributed by atoms with Gasteiger partial charge in [0.05, 0.1) is 6.10 Å². The molecule has 16 heavy (non-hydrogen) atoms. The Kier molecular flexibility index (Phi) is 2.72. The Bertz CT molecular complexity index is 336. The van der Waals surface area contributed by atoms with Gasteiger partial charge in [-0.3, -0.25) is 0 Å². The molecule has 1 aromatic rings. The second-order valence-corrected chi connectivity index (χ2v) is 5.56. The Morgan fingerprint density at radius 1 is 1.44 bits per heavy atom. The maximum atomic E-state index is 10.0. The number of aromatic amines is 1. The van der Waals surface area contributed by atoms with Crippen LogP contribution in [-0.4, -0.2) is 21.2 Å². The van der Waals surface area contributed by atoms with Gasteiger partial charge in [-0.2, -0.15) is 0 Å². The van der Waals surface area contributed by atoms with E-state index in [-0.39, 0.29) is 6.10 Å². The van der Waals surface area contributed by atoms with Gasteiger partial charge in [-0.15, -0.1) is 0 Å². The molecule has 0 spiro atoms. The summed E-state index contributed by atoms with van der Waals surface area (Å²) in [6.45, 7) is 0. The molecule has 2 fully saturated rings. The number of H-pyrrole nitrogens is 1. The maximum Gasteiger partial charge on any atom is 0.108 e. The Morgan fingerprint density at radius 3 is 3.00 bits per heavy atom. The van der Waals surface area contributed by atoms with Crippen LogP contribution in [0.1, 0.15) is 37.9 Å². The molecule has 1 aromatic heterocycles. The van der Waals surface area contributed by atoms with Crippen molar-refractivity contribution in [1.29, 1.82) is 0 Å². The topological polar surface area (TPSA) is 48.9 Å². The predicted octanol–water partition coefficient (Wildman–Crippen LogP) is 2.14. The first-order chi connectivity index (χ1) is 7.81. The van der Waals surface area contributed by atoms with Crippen LogP contribution in [-0.2, 0) is 6.42 Å². The molecule has 0 amide bonds. The summed E-state index contributed by atoms with van der Waals surface area (Å²) in [5, 5.41) is 10.0. The zero-order valence-corrected chi connectivity index (χ0v) is 9.60. The molecule has 2 bridgehead atoms. The summed E-state index contributed by atoms with van der Waals surface area (Å²) in [5.41, 5.74) is 0. The van der Waals surface area contributed by atoms with Gasteiger partial charge in [-0.1, -0.05) is 6.42 Å². The van der Waals surface area contributed by atoms with Crippen molar-refractivity contribution in [3.05, 3.63) is 18.2 Å². The molecule has 4 atom stereocenters. The molecule has 2 aliphatic carbocycles. The molecule has 3 heteroatoms. The molecule has 0 aromatic carbocycles. The van der Waals surface area contributed by atoms with Gasteiger partial charge in [-0.05, 0) is 43.4 Å². The van der Waals surface area contributed by atoms with E-state index in [1.807, 2.05) is 6.20 Å². The van der Waals surface area contributed by atoms with Gasteiger partial charge in [-0.25, -0.2) is 4.98 Å². The predicted molar refractivity (Wildman–Crippen MR) is 61.9 cm³/mol. The number of rotatable bonds is 4. The molecule has 3 rings (SSSR count). The summed E-state index contributed by atoms with van der Waals surface area (Å²) in [7, 11) is 0. The van der Waals surface area contributed by atoms with Gasteiger partial charge in [0.1, 0.15) is 5.82 Å². The van der Waals surface area contributed by atoms with Crippen molar-refractivity contribution < 1.29 is 5.11 Å². The van der Waals surface area contributed by atoms with Gasteiger partial charge < -0.3 is 10.1 Å². The summed E-state index contributed by atoms with van der Waals surface area (Å²) < 4.78 is 0. The van der Waals surface area contributed by atoms with Crippen molar-refractivity contribution in [2.24, 2.45) is 17.8 Å². The van der Waals surface area contributed by atoms with E-state index in [0.29, 0.717) is 6.42 Å². The fraction of sp³-hybridized carbons (Fsp3) is 0.769. The molecule has 3 nitrogen and oxygen atoms in total. The number of hydrogen-bond donors (Lipinski definition) is 2. The lowest BCUT2D eigenvalue weighted by Gasteiger charge is -2.23. The second kappa shape index (κ2) is 4.21. The smallest absolute Gasteiger partial charge is 0.108 e. The molecular formula is C13H20N2O. The van der Waals surface area contributed by atoms with Crippen molar-refractivity contribution >= 4 is 0 Å². The Hall–Kier alpha value is -0.830. The summed E-state index contributed by atoms with van der Waals surface area (Å²) in [6.07, 6.45) is 10.6. The van der Waals surface area contributed by atoms with E-state index < -0.39 is 0 Å². The molecule has 0 saturated heterocycles. The second-order valence-electron chi connectivity index (χ2n) is 5.56. The summed E-state index contributed by atoms with van der Waals surface area (Å²) >= 11 is 0. The number of nitrogens with one attached hydrogen (secondary N) is 1. The number of fused-ring (bicyclic) bond motifs is 2. The Labute approximate surface area is 96.3 Å². The quantitative estimate of drug-likeness (QED) is 0.816. The maximum absolute atomic E-state index is 10.0. The minimum absolute atomic E-state index is 0.213. The van der Waals surface area contributed by atoms with Gasteiger partial charge >= 0.3 is 0 Å². The van der Waals surface area contributed by atoms with Crippen LogP contribution < -0.4 is 0 Å². The first-order valence-corrected chi connectivity index (χ1v) is 6.47. The van der Waals surface area contributed by atoms with Gasteiger partial charge in [0.2, 0.25) is 0 Å². The molecule has 2 aliphatic rings. The standard InChI is InChI=1S/C13H20N2O/c16-12(8-13-14-3-4-15-13)7-11-6-9-1-2-10(11)5-9/h3-4,9-12,16H,1-2,5-8H2,(H,14,15). The number of imidazole rings is 1. The third-order valence-corrected chi connectivity index (χ3v) is 4.44. The van der Waals surface area contributed by atoms with Gasteiger partial charge in [0, 0.05) is 18.8 Å². The van der Waals surface area contributed by atoms with Crippen LogP contribution >= 0.6 is 0 Å². The first-order valence-electron chi connectivity index (χ1n) is 6.47. The van der Waals surface area contributed by atoms with Crippen molar-refractivity contribution in [2.45, 2.75) is 44.6 Å². The number of hydrogen-bond acceptors (Lipinski definition) is 2. The van der Waals surface area contributed by atoms with Crippen molar-refractivity contribution in [3.63, 3.8) is 0 Å². The number of aliphatic hydroxyl groups is 1. The first kappa shape index (κ1) is 10.3. The summed E-state index contributed by atoms with van der Waals surface area (Å²) in [4.78, 5) is 7.22. The van der Waals surface area contributed by atoms with E-state index in [2.05, 4.69) is 9.97 Å².